The Balaban J connectivity index is 0.00000294. The first-order chi connectivity index (χ1) is 17.4. The maximum Gasteiger partial charge on any atom is 0.218 e. The summed E-state index contributed by atoms with van der Waals surface area (Å²) in [6.07, 6.45) is 7.95. The van der Waals surface area contributed by atoms with Crippen LogP contribution in [0.1, 0.15) is 72.0 Å². The zero-order chi connectivity index (χ0) is 26.5. The number of nitrogens with zero attached hydrogens (tertiary/aromatic N) is 2. The van der Waals surface area contributed by atoms with Gasteiger partial charge in [-0.2, -0.15) is 5.10 Å². The molecule has 1 aromatic carbocycles. The Kier molecular flexibility index (Phi) is 5.46. The molecule has 0 bridgehead atoms. The lowest BCUT2D eigenvalue weighted by Crippen LogP contribution is -2.65. The topological polar surface area (TPSA) is 75.3 Å². The van der Waals surface area contributed by atoms with Crippen molar-refractivity contribution in [3.05, 3.63) is 52.9 Å². The van der Waals surface area contributed by atoms with Crippen LogP contribution in [0.3, 0.4) is 0 Å². The molecule has 8 heteroatoms. The number of halogens is 2. The minimum atomic E-state index is -1.53. The van der Waals surface area contributed by atoms with Crippen LogP contribution >= 0.6 is 12.6 Å². The molecule has 4 aliphatic carbocycles. The van der Waals surface area contributed by atoms with Gasteiger partial charge in [-0.1, -0.05) is 26.3 Å². The van der Waals surface area contributed by atoms with E-state index in [0.29, 0.717) is 24.9 Å². The molecule has 1 aromatic heterocycles. The van der Waals surface area contributed by atoms with E-state index >= 15 is 0 Å². The van der Waals surface area contributed by atoms with Gasteiger partial charge < -0.3 is 10.2 Å². The van der Waals surface area contributed by atoms with Crippen LogP contribution in [-0.2, 0) is 11.2 Å². The van der Waals surface area contributed by atoms with Crippen LogP contribution in [0, 0.1) is 39.7 Å². The Morgan fingerprint density at radius 1 is 1.27 bits per heavy atom. The number of allylic oxidation sites excluding steroid dienone is 1. The van der Waals surface area contributed by atoms with E-state index in [2.05, 4.69) is 37.7 Å². The molecule has 37 heavy (non-hydrogen) atoms. The van der Waals surface area contributed by atoms with Crippen molar-refractivity contribution in [2.24, 2.45) is 28.1 Å². The lowest BCUT2D eigenvalue weighted by molar-refractivity contribution is -0.208. The second-order valence-corrected chi connectivity index (χ2v) is 12.7. The Hall–Kier alpha value is -2.03. The number of thiol groups is 1. The number of benzene rings is 1. The van der Waals surface area contributed by atoms with Crippen molar-refractivity contribution in [1.29, 1.82) is 0 Å². The number of hydrogen-bond donors (Lipinski definition) is 3. The zero-order valence-corrected chi connectivity index (χ0v) is 22.4. The Bertz CT molecular complexity index is 1350. The monoisotopic (exact) mass is 530 g/mol. The zero-order valence-electron chi connectivity index (χ0n) is 21.5. The van der Waals surface area contributed by atoms with E-state index in [0.717, 1.165) is 49.1 Å². The summed E-state index contributed by atoms with van der Waals surface area (Å²) in [5.41, 5.74) is 0.777. The first-order valence-electron chi connectivity index (χ1n) is 13.3. The van der Waals surface area contributed by atoms with Gasteiger partial charge in [-0.3, -0.25) is 4.79 Å². The molecule has 0 saturated heterocycles. The standard InChI is InChI=1S/C29H34F2N2O3S.H2/c1-4-28-9-7-17-11-21-16(15-32-33(21)18-5-6-19(30)20(31)12-18)13-26(17,2)24(28)22(34)14-27(3)23(28)8-10-29(27,36)25(35)37;/h5-6,11-12,15,22-24,34,36H,4,7-10,13-14H2,1-3H3,(H,35,37);1H/t22-,23+,24+,26-,27-,28-,29-;/m0./s1. The summed E-state index contributed by atoms with van der Waals surface area (Å²) in [7, 11) is 0. The van der Waals surface area contributed by atoms with Gasteiger partial charge in [0.1, 0.15) is 5.60 Å². The van der Waals surface area contributed by atoms with Gasteiger partial charge in [0.05, 0.1) is 23.7 Å². The number of aliphatic hydroxyl groups excluding tert-OH is 1. The lowest BCUT2D eigenvalue weighted by Gasteiger charge is -2.66. The minimum absolute atomic E-state index is 0. The summed E-state index contributed by atoms with van der Waals surface area (Å²) in [6, 6.07) is 3.80. The summed E-state index contributed by atoms with van der Waals surface area (Å²) in [5, 5.41) is 27.4. The van der Waals surface area contributed by atoms with Crippen molar-refractivity contribution in [1.82, 2.24) is 9.78 Å². The van der Waals surface area contributed by atoms with Crippen LogP contribution in [0.5, 0.6) is 0 Å². The van der Waals surface area contributed by atoms with Gasteiger partial charge in [0.2, 0.25) is 5.12 Å². The molecule has 0 unspecified atom stereocenters. The second kappa shape index (κ2) is 7.99. The maximum absolute atomic E-state index is 14.0. The molecule has 200 valence electrons. The molecule has 4 aliphatic rings. The number of aliphatic hydroxyl groups is 2. The molecule has 2 N–H and O–H groups in total. The van der Waals surface area contributed by atoms with E-state index in [4.69, 9.17) is 0 Å². The maximum atomic E-state index is 14.0. The van der Waals surface area contributed by atoms with E-state index in [1.807, 2.05) is 6.92 Å². The molecule has 3 saturated carbocycles. The molecule has 2 aromatic rings. The fraction of sp³-hybridized carbons (Fsp3) is 0.586. The van der Waals surface area contributed by atoms with Crippen molar-refractivity contribution in [2.75, 3.05) is 0 Å². The molecule has 3 fully saturated rings. The van der Waals surface area contributed by atoms with Gasteiger partial charge in [-0.15, -0.1) is 12.6 Å². The van der Waals surface area contributed by atoms with Crippen LogP contribution < -0.4 is 0 Å². The fourth-order valence-corrected chi connectivity index (χ4v) is 9.76. The molecule has 6 rings (SSSR count). The first kappa shape index (κ1) is 25.3. The van der Waals surface area contributed by atoms with Crippen molar-refractivity contribution in [2.45, 2.75) is 77.4 Å². The number of aromatic nitrogens is 2. The minimum Gasteiger partial charge on any atom is -0.393 e. The highest BCUT2D eigenvalue weighted by Crippen LogP contribution is 2.73. The van der Waals surface area contributed by atoms with Gasteiger partial charge in [0.25, 0.3) is 0 Å². The SMILES string of the molecule is CC[C@@]12CCC3=Cc4c(cnn4-c4ccc(F)c(F)c4)C[C@]3(C)[C@H]1[C@@H](O)C[C@@]1(C)[C@H]2CC[C@]1(O)C(=O)S.[HH]. The molecular formula is C29H36F2N2O3S. The average Bonchev–Trinajstić information content (AvgIpc) is 3.37. The van der Waals surface area contributed by atoms with E-state index in [9.17, 15) is 23.8 Å². The number of carbonyl (C=O) groups is 1. The largest absolute Gasteiger partial charge is 0.393 e. The first-order valence-corrected chi connectivity index (χ1v) is 13.7. The number of hydrogen-bond acceptors (Lipinski definition) is 4. The lowest BCUT2D eigenvalue weighted by atomic mass is 9.39. The third-order valence-corrected chi connectivity index (χ3v) is 11.4. The van der Waals surface area contributed by atoms with Crippen LogP contribution in [0.15, 0.2) is 30.0 Å². The summed E-state index contributed by atoms with van der Waals surface area (Å²) in [4.78, 5) is 12.5. The average molecular weight is 531 g/mol. The van der Waals surface area contributed by atoms with Crippen LogP contribution in [0.25, 0.3) is 11.8 Å². The Labute approximate surface area is 222 Å². The van der Waals surface area contributed by atoms with Gasteiger partial charge in [-0.05, 0) is 85.5 Å². The number of rotatable bonds is 3. The van der Waals surface area contributed by atoms with Crippen molar-refractivity contribution in [3.63, 3.8) is 0 Å². The van der Waals surface area contributed by atoms with E-state index in [1.165, 1.54) is 11.6 Å². The molecule has 0 amide bonds. The van der Waals surface area contributed by atoms with Crippen LogP contribution in [0.2, 0.25) is 0 Å². The molecule has 0 radical (unpaired) electrons. The molecule has 7 atom stereocenters. The fourth-order valence-electron chi connectivity index (χ4n) is 9.39. The summed E-state index contributed by atoms with van der Waals surface area (Å²) in [5.74, 6) is -1.75. The van der Waals surface area contributed by atoms with Crippen molar-refractivity contribution >= 4 is 23.8 Å². The summed E-state index contributed by atoms with van der Waals surface area (Å²) >= 11 is 4.09. The molecule has 1 heterocycles. The molecule has 0 spiro atoms. The van der Waals surface area contributed by atoms with E-state index < -0.39 is 33.9 Å². The Morgan fingerprint density at radius 2 is 2.03 bits per heavy atom. The number of fused-ring (bicyclic) bond motifs is 6. The molecule has 5 nitrogen and oxygen atoms in total. The van der Waals surface area contributed by atoms with Crippen molar-refractivity contribution < 1.29 is 25.2 Å². The normalized spacial score (nSPS) is 40.3. The molecule has 0 aliphatic heterocycles. The Morgan fingerprint density at radius 3 is 2.70 bits per heavy atom. The summed E-state index contributed by atoms with van der Waals surface area (Å²) in [6.45, 7) is 6.40. The molecular weight excluding hydrogens is 494 g/mol. The highest BCUT2D eigenvalue weighted by Gasteiger charge is 2.72. The third-order valence-electron chi connectivity index (χ3n) is 11.0. The van der Waals surface area contributed by atoms with E-state index in [1.54, 1.807) is 10.9 Å². The smallest absolute Gasteiger partial charge is 0.218 e. The number of carbonyl (C=O) groups excluding carboxylic acids is 1. The third kappa shape index (κ3) is 3.09. The predicted octanol–water partition coefficient (Wildman–Crippen LogP) is 5.52. The van der Waals surface area contributed by atoms with Crippen molar-refractivity contribution in [3.8, 4) is 5.69 Å². The van der Waals surface area contributed by atoms with Crippen LogP contribution in [-0.4, -0.2) is 36.8 Å². The highest BCUT2D eigenvalue weighted by atomic mass is 32.1. The quantitative estimate of drug-likeness (QED) is 0.457. The van der Waals surface area contributed by atoms with Gasteiger partial charge >= 0.3 is 0 Å². The second-order valence-electron chi connectivity index (χ2n) is 12.3. The highest BCUT2D eigenvalue weighted by molar-refractivity contribution is 7.96. The predicted molar refractivity (Wildman–Crippen MR) is 141 cm³/mol. The van der Waals surface area contributed by atoms with E-state index in [-0.39, 0.29) is 24.1 Å². The van der Waals surface area contributed by atoms with Crippen LogP contribution in [0.4, 0.5) is 8.78 Å². The van der Waals surface area contributed by atoms with Gasteiger partial charge in [0, 0.05) is 18.8 Å². The van der Waals surface area contributed by atoms with Gasteiger partial charge in [-0.25, -0.2) is 13.5 Å². The van der Waals surface area contributed by atoms with Gasteiger partial charge in [0.15, 0.2) is 11.6 Å². The summed E-state index contributed by atoms with van der Waals surface area (Å²) < 4.78 is 29.2.